The Morgan fingerprint density at radius 3 is 1.85 bits per heavy atom. The summed E-state index contributed by atoms with van der Waals surface area (Å²) in [5.41, 5.74) is 0. The van der Waals surface area contributed by atoms with E-state index in [1.807, 2.05) is 0 Å². The first kappa shape index (κ1) is 24.6. The Bertz CT molecular complexity index is 382. The predicted molar refractivity (Wildman–Crippen MR) is 106 cm³/mol. The van der Waals surface area contributed by atoms with Gasteiger partial charge in [0.2, 0.25) is 5.91 Å². The van der Waals surface area contributed by atoms with E-state index >= 15 is 0 Å². The lowest BCUT2D eigenvalue weighted by atomic mass is 10.1. The molecule has 3 N–H and O–H groups in total. The molecule has 0 radical (unpaired) electrons. The van der Waals surface area contributed by atoms with Gasteiger partial charge in [0.05, 0.1) is 6.61 Å². The molecule has 26 heavy (non-hydrogen) atoms. The van der Waals surface area contributed by atoms with Gasteiger partial charge in [-0.05, 0) is 32.1 Å². The largest absolute Gasteiger partial charge is 0.480 e. The lowest BCUT2D eigenvalue weighted by molar-refractivity contribution is -0.142. The van der Waals surface area contributed by atoms with Crippen molar-refractivity contribution in [1.82, 2.24) is 5.32 Å². The van der Waals surface area contributed by atoms with Crippen LogP contribution in [0.25, 0.3) is 0 Å². The van der Waals surface area contributed by atoms with Gasteiger partial charge in [0, 0.05) is 6.42 Å². The van der Waals surface area contributed by atoms with Crippen LogP contribution < -0.4 is 5.32 Å². The third kappa shape index (κ3) is 16.1. The molecule has 0 bridgehead atoms. The van der Waals surface area contributed by atoms with Crippen molar-refractivity contribution in [2.75, 3.05) is 6.61 Å². The van der Waals surface area contributed by atoms with Crippen molar-refractivity contribution in [2.24, 2.45) is 0 Å². The van der Waals surface area contributed by atoms with Gasteiger partial charge in [-0.2, -0.15) is 0 Å². The average molecular weight is 370 g/mol. The minimum Gasteiger partial charge on any atom is -0.480 e. The van der Waals surface area contributed by atoms with Crippen molar-refractivity contribution in [3.8, 4) is 0 Å². The molecule has 0 saturated heterocycles. The molecular formula is C21H39NO4. The quantitative estimate of drug-likeness (QED) is 0.244. The molecule has 1 amide bonds. The summed E-state index contributed by atoms with van der Waals surface area (Å²) in [6.07, 6.45) is 20.5. The number of unbranched alkanes of at least 4 members (excludes halogenated alkanes) is 11. The Balaban J connectivity index is 3.36. The second-order valence-electron chi connectivity index (χ2n) is 6.98. The first-order valence-electron chi connectivity index (χ1n) is 10.4. The number of carboxylic acid groups (broad SMARTS) is 1. The molecule has 0 aliphatic heterocycles. The summed E-state index contributed by atoms with van der Waals surface area (Å²) in [7, 11) is 0. The molecule has 0 aromatic heterocycles. The second-order valence-corrected chi connectivity index (χ2v) is 6.98. The summed E-state index contributed by atoms with van der Waals surface area (Å²) in [6.45, 7) is 1.67. The van der Waals surface area contributed by atoms with Gasteiger partial charge in [-0.1, -0.05) is 70.4 Å². The topological polar surface area (TPSA) is 86.6 Å². The molecule has 5 heteroatoms. The van der Waals surface area contributed by atoms with Gasteiger partial charge in [0.25, 0.3) is 0 Å². The smallest absolute Gasteiger partial charge is 0.328 e. The van der Waals surface area contributed by atoms with Crippen LogP contribution in [0.1, 0.15) is 96.8 Å². The molecule has 0 spiro atoms. The van der Waals surface area contributed by atoms with Crippen LogP contribution in [0.2, 0.25) is 0 Å². The van der Waals surface area contributed by atoms with Crippen molar-refractivity contribution in [3.63, 3.8) is 0 Å². The Morgan fingerprint density at radius 2 is 1.35 bits per heavy atom. The van der Waals surface area contributed by atoms with Crippen LogP contribution in [0.3, 0.4) is 0 Å². The lowest BCUT2D eigenvalue weighted by Gasteiger charge is -2.11. The van der Waals surface area contributed by atoms with E-state index in [1.54, 1.807) is 0 Å². The molecule has 0 aromatic carbocycles. The number of aliphatic hydroxyl groups is 1. The van der Waals surface area contributed by atoms with Gasteiger partial charge in [0.1, 0.15) is 6.04 Å². The number of allylic oxidation sites excluding steroid dienone is 2. The molecule has 0 aliphatic rings. The lowest BCUT2D eigenvalue weighted by Crippen LogP contribution is -2.43. The highest BCUT2D eigenvalue weighted by atomic mass is 16.4. The standard InChI is InChI=1S/C21H39NO4/c1-2-3-4-5-6-7-8-9-10-11-12-13-14-15-16-17-20(24)22-19(18-23)21(25)26/h9-10,19,23H,2-8,11-18H2,1H3,(H,22,24)(H,25,26)/b10-9+. The van der Waals surface area contributed by atoms with Crippen LogP contribution in [0.4, 0.5) is 0 Å². The van der Waals surface area contributed by atoms with Crippen LogP contribution in [-0.2, 0) is 9.59 Å². The van der Waals surface area contributed by atoms with Crippen molar-refractivity contribution < 1.29 is 19.8 Å². The van der Waals surface area contributed by atoms with E-state index < -0.39 is 18.6 Å². The van der Waals surface area contributed by atoms with Gasteiger partial charge in [-0.25, -0.2) is 4.79 Å². The number of aliphatic carboxylic acids is 1. The van der Waals surface area contributed by atoms with Crippen LogP contribution in [0, 0.1) is 0 Å². The van der Waals surface area contributed by atoms with Crippen LogP contribution in [0.15, 0.2) is 12.2 Å². The number of carbonyl (C=O) groups excluding carboxylic acids is 1. The summed E-state index contributed by atoms with van der Waals surface area (Å²) in [5, 5.41) is 19.9. The Hall–Kier alpha value is -1.36. The van der Waals surface area contributed by atoms with Gasteiger partial charge >= 0.3 is 5.97 Å². The highest BCUT2D eigenvalue weighted by molar-refractivity contribution is 5.83. The van der Waals surface area contributed by atoms with E-state index in [2.05, 4.69) is 24.4 Å². The maximum Gasteiger partial charge on any atom is 0.328 e. The Kier molecular flexibility index (Phi) is 17.5. The van der Waals surface area contributed by atoms with Crippen molar-refractivity contribution in [1.29, 1.82) is 0 Å². The first-order chi connectivity index (χ1) is 12.6. The number of hydrogen-bond acceptors (Lipinski definition) is 3. The molecule has 152 valence electrons. The number of rotatable bonds is 18. The van der Waals surface area contributed by atoms with Gasteiger partial charge in [-0.3, -0.25) is 4.79 Å². The molecular weight excluding hydrogens is 330 g/mol. The fourth-order valence-electron chi connectivity index (χ4n) is 2.81. The maximum atomic E-state index is 11.6. The molecule has 1 unspecified atom stereocenters. The number of hydrogen-bond donors (Lipinski definition) is 3. The summed E-state index contributed by atoms with van der Waals surface area (Å²) in [6, 6.07) is -1.19. The van der Waals surface area contributed by atoms with Gasteiger partial charge < -0.3 is 15.5 Å². The number of nitrogens with one attached hydrogen (secondary N) is 1. The third-order valence-electron chi connectivity index (χ3n) is 4.48. The zero-order valence-electron chi connectivity index (χ0n) is 16.5. The highest BCUT2D eigenvalue weighted by Gasteiger charge is 2.17. The molecule has 0 heterocycles. The van der Waals surface area contributed by atoms with Crippen LogP contribution in [-0.4, -0.2) is 34.7 Å². The molecule has 1 atom stereocenters. The minimum atomic E-state index is -1.20. The molecule has 0 aliphatic carbocycles. The van der Waals surface area contributed by atoms with E-state index in [1.165, 1.54) is 51.4 Å². The summed E-state index contributed by atoms with van der Waals surface area (Å²) >= 11 is 0. The normalized spacial score (nSPS) is 12.4. The van der Waals surface area contributed by atoms with Crippen molar-refractivity contribution in [2.45, 2.75) is 103 Å². The number of aliphatic hydroxyl groups excluding tert-OH is 1. The number of carbonyl (C=O) groups is 2. The first-order valence-corrected chi connectivity index (χ1v) is 10.4. The predicted octanol–water partition coefficient (Wildman–Crippen LogP) is 4.59. The summed E-state index contributed by atoms with van der Waals surface area (Å²) < 4.78 is 0. The summed E-state index contributed by atoms with van der Waals surface area (Å²) in [4.78, 5) is 22.3. The molecule has 5 nitrogen and oxygen atoms in total. The zero-order valence-corrected chi connectivity index (χ0v) is 16.5. The fraction of sp³-hybridized carbons (Fsp3) is 0.810. The Labute approximate surface area is 159 Å². The van der Waals surface area contributed by atoms with E-state index in [4.69, 9.17) is 10.2 Å². The van der Waals surface area contributed by atoms with Gasteiger partial charge in [0.15, 0.2) is 0 Å². The Morgan fingerprint density at radius 1 is 0.846 bits per heavy atom. The summed E-state index contributed by atoms with van der Waals surface area (Å²) in [5.74, 6) is -1.51. The second kappa shape index (κ2) is 18.4. The zero-order chi connectivity index (χ0) is 19.5. The maximum absolute atomic E-state index is 11.6. The van der Waals surface area contributed by atoms with E-state index in [9.17, 15) is 9.59 Å². The highest BCUT2D eigenvalue weighted by Crippen LogP contribution is 2.10. The fourth-order valence-corrected chi connectivity index (χ4v) is 2.81. The molecule has 0 rings (SSSR count). The average Bonchev–Trinajstić information content (AvgIpc) is 2.62. The molecule has 0 saturated carbocycles. The van der Waals surface area contributed by atoms with E-state index in [-0.39, 0.29) is 5.91 Å². The third-order valence-corrected chi connectivity index (χ3v) is 4.48. The van der Waals surface area contributed by atoms with Gasteiger partial charge in [-0.15, -0.1) is 0 Å². The van der Waals surface area contributed by atoms with E-state index in [0.29, 0.717) is 6.42 Å². The van der Waals surface area contributed by atoms with E-state index in [0.717, 1.165) is 32.1 Å². The number of amides is 1. The van der Waals surface area contributed by atoms with Crippen LogP contribution in [0.5, 0.6) is 0 Å². The van der Waals surface area contributed by atoms with Crippen LogP contribution >= 0.6 is 0 Å². The monoisotopic (exact) mass is 369 g/mol. The number of carboxylic acids is 1. The van der Waals surface area contributed by atoms with Crippen molar-refractivity contribution >= 4 is 11.9 Å². The minimum absolute atomic E-state index is 0.302. The molecule has 0 fully saturated rings. The SMILES string of the molecule is CCCCCCCC/C=C/CCCCCCCC(=O)NC(CO)C(=O)O. The van der Waals surface area contributed by atoms with Crippen molar-refractivity contribution in [3.05, 3.63) is 12.2 Å². The molecule has 0 aromatic rings.